The number of carbonyl (C=O) groups is 2. The summed E-state index contributed by atoms with van der Waals surface area (Å²) in [7, 11) is 1.83. The standard InChI is InChI=1S/C15H20N6O2/c1-9-11-7-10(8-17-13(11)21(2)20-9)18-15(23)19-12-5-3-4-6-16-14(12)22/h7-8,12H,3-6H2,1-2H3,(H,16,22)(H2,18,19,23)/t12-/m0/s1. The topological polar surface area (TPSA) is 101 Å². The maximum Gasteiger partial charge on any atom is 0.319 e. The fraction of sp³-hybridized carbons (Fsp3) is 0.467. The molecule has 1 saturated heterocycles. The highest BCUT2D eigenvalue weighted by molar-refractivity contribution is 5.95. The predicted octanol–water partition coefficient (Wildman–Crippen LogP) is 1.07. The zero-order valence-electron chi connectivity index (χ0n) is 13.2. The third kappa shape index (κ3) is 3.25. The van der Waals surface area contributed by atoms with Crippen molar-refractivity contribution in [1.82, 2.24) is 25.4 Å². The van der Waals surface area contributed by atoms with Crippen LogP contribution in [-0.2, 0) is 11.8 Å². The van der Waals surface area contributed by atoms with E-state index < -0.39 is 12.1 Å². The lowest BCUT2D eigenvalue weighted by molar-refractivity contribution is -0.122. The number of hydrogen-bond acceptors (Lipinski definition) is 4. The van der Waals surface area contributed by atoms with Crippen molar-refractivity contribution in [2.45, 2.75) is 32.2 Å². The first-order chi connectivity index (χ1) is 11.0. The molecule has 0 aliphatic carbocycles. The Bertz CT molecular complexity index is 754. The molecular formula is C15H20N6O2. The van der Waals surface area contributed by atoms with E-state index in [1.807, 2.05) is 20.0 Å². The van der Waals surface area contributed by atoms with Crippen LogP contribution in [0.3, 0.4) is 0 Å². The smallest absolute Gasteiger partial charge is 0.319 e. The highest BCUT2D eigenvalue weighted by Gasteiger charge is 2.22. The van der Waals surface area contributed by atoms with Crippen molar-refractivity contribution in [3.63, 3.8) is 0 Å². The summed E-state index contributed by atoms with van der Waals surface area (Å²) < 4.78 is 1.70. The molecule has 3 heterocycles. The lowest BCUT2D eigenvalue weighted by Crippen LogP contribution is -2.47. The van der Waals surface area contributed by atoms with Crippen LogP contribution in [0.2, 0.25) is 0 Å². The molecule has 122 valence electrons. The van der Waals surface area contributed by atoms with E-state index in [2.05, 4.69) is 26.0 Å². The van der Waals surface area contributed by atoms with Crippen LogP contribution in [-0.4, -0.2) is 39.3 Å². The lowest BCUT2D eigenvalue weighted by atomic mass is 10.1. The molecular weight excluding hydrogens is 296 g/mol. The second-order valence-electron chi connectivity index (χ2n) is 5.74. The number of fused-ring (bicyclic) bond motifs is 1. The summed E-state index contributed by atoms with van der Waals surface area (Å²) in [5.74, 6) is -0.130. The van der Waals surface area contributed by atoms with Crippen LogP contribution < -0.4 is 16.0 Å². The van der Waals surface area contributed by atoms with Gasteiger partial charge < -0.3 is 16.0 Å². The Hall–Kier alpha value is -2.64. The first kappa shape index (κ1) is 15.3. The number of aromatic nitrogens is 3. The molecule has 2 aromatic rings. The van der Waals surface area contributed by atoms with E-state index >= 15 is 0 Å². The van der Waals surface area contributed by atoms with Crippen LogP contribution in [0.15, 0.2) is 12.3 Å². The Labute approximate surface area is 133 Å². The molecule has 3 N–H and O–H groups in total. The number of nitrogens with one attached hydrogen (secondary N) is 3. The van der Waals surface area contributed by atoms with Gasteiger partial charge in [0.2, 0.25) is 5.91 Å². The van der Waals surface area contributed by atoms with Crippen molar-refractivity contribution in [2.75, 3.05) is 11.9 Å². The van der Waals surface area contributed by atoms with Gasteiger partial charge in [-0.25, -0.2) is 9.78 Å². The molecule has 0 unspecified atom stereocenters. The molecule has 3 rings (SSSR count). The van der Waals surface area contributed by atoms with Gasteiger partial charge in [-0.05, 0) is 32.3 Å². The van der Waals surface area contributed by atoms with E-state index in [4.69, 9.17) is 0 Å². The van der Waals surface area contributed by atoms with E-state index in [9.17, 15) is 9.59 Å². The molecule has 8 heteroatoms. The highest BCUT2D eigenvalue weighted by atomic mass is 16.2. The molecule has 0 bridgehead atoms. The third-order valence-electron chi connectivity index (χ3n) is 3.96. The largest absolute Gasteiger partial charge is 0.354 e. The Kier molecular flexibility index (Phi) is 4.14. The summed E-state index contributed by atoms with van der Waals surface area (Å²) in [6, 6.07) is 0.932. The first-order valence-electron chi connectivity index (χ1n) is 7.69. The Morgan fingerprint density at radius 2 is 2.26 bits per heavy atom. The van der Waals surface area contributed by atoms with Gasteiger partial charge in [-0.15, -0.1) is 0 Å². The Morgan fingerprint density at radius 3 is 3.09 bits per heavy atom. The fourth-order valence-electron chi connectivity index (χ4n) is 2.78. The van der Waals surface area contributed by atoms with Crippen LogP contribution in [0.4, 0.5) is 10.5 Å². The molecule has 0 saturated carbocycles. The average molecular weight is 316 g/mol. The van der Waals surface area contributed by atoms with Gasteiger partial charge in [-0.3, -0.25) is 9.48 Å². The third-order valence-corrected chi connectivity index (χ3v) is 3.96. The molecule has 1 fully saturated rings. The second-order valence-corrected chi connectivity index (χ2v) is 5.74. The van der Waals surface area contributed by atoms with Crippen molar-refractivity contribution in [1.29, 1.82) is 0 Å². The van der Waals surface area contributed by atoms with E-state index in [1.54, 1.807) is 10.9 Å². The minimum absolute atomic E-state index is 0.130. The van der Waals surface area contributed by atoms with Crippen molar-refractivity contribution >= 4 is 28.7 Å². The van der Waals surface area contributed by atoms with Gasteiger partial charge in [-0.2, -0.15) is 5.10 Å². The number of aryl methyl sites for hydroxylation is 2. The van der Waals surface area contributed by atoms with E-state index in [0.29, 0.717) is 18.7 Å². The summed E-state index contributed by atoms with van der Waals surface area (Å²) in [4.78, 5) is 28.3. The number of amides is 3. The lowest BCUT2D eigenvalue weighted by Gasteiger charge is -2.15. The van der Waals surface area contributed by atoms with Gasteiger partial charge in [0.05, 0.1) is 17.6 Å². The monoisotopic (exact) mass is 316 g/mol. The zero-order chi connectivity index (χ0) is 16.4. The molecule has 1 aliphatic heterocycles. The Morgan fingerprint density at radius 1 is 1.43 bits per heavy atom. The van der Waals surface area contributed by atoms with Crippen LogP contribution >= 0.6 is 0 Å². The Balaban J connectivity index is 1.70. The van der Waals surface area contributed by atoms with Crippen LogP contribution in [0.25, 0.3) is 11.0 Å². The number of hydrogen-bond donors (Lipinski definition) is 3. The number of anilines is 1. The summed E-state index contributed by atoms with van der Waals surface area (Å²) in [5.41, 5.74) is 2.18. The predicted molar refractivity (Wildman–Crippen MR) is 86.0 cm³/mol. The summed E-state index contributed by atoms with van der Waals surface area (Å²) in [5, 5.41) is 13.4. The molecule has 2 aromatic heterocycles. The SMILES string of the molecule is Cc1nn(C)c2ncc(NC(=O)N[C@H]3CCCCNC3=O)cc12. The summed E-state index contributed by atoms with van der Waals surface area (Å²) in [6.45, 7) is 2.56. The van der Waals surface area contributed by atoms with Gasteiger partial charge in [0.1, 0.15) is 6.04 Å². The normalized spacial score (nSPS) is 18.3. The average Bonchev–Trinajstić information content (AvgIpc) is 2.67. The number of rotatable bonds is 2. The second kappa shape index (κ2) is 6.23. The molecule has 1 aliphatic rings. The number of carbonyl (C=O) groups excluding carboxylic acids is 2. The van der Waals surface area contributed by atoms with Gasteiger partial charge in [0.15, 0.2) is 5.65 Å². The molecule has 0 aromatic carbocycles. The molecule has 8 nitrogen and oxygen atoms in total. The van der Waals surface area contributed by atoms with Gasteiger partial charge >= 0.3 is 6.03 Å². The fourth-order valence-corrected chi connectivity index (χ4v) is 2.78. The molecule has 3 amide bonds. The minimum atomic E-state index is -0.491. The molecule has 0 radical (unpaired) electrons. The van der Waals surface area contributed by atoms with E-state index in [0.717, 1.165) is 29.6 Å². The summed E-state index contributed by atoms with van der Waals surface area (Å²) >= 11 is 0. The van der Waals surface area contributed by atoms with E-state index in [1.165, 1.54) is 0 Å². The van der Waals surface area contributed by atoms with Crippen LogP contribution in [0.5, 0.6) is 0 Å². The van der Waals surface area contributed by atoms with Gasteiger partial charge in [0, 0.05) is 19.0 Å². The summed E-state index contributed by atoms with van der Waals surface area (Å²) in [6.07, 6.45) is 4.08. The maximum atomic E-state index is 12.1. The first-order valence-corrected chi connectivity index (χ1v) is 7.69. The van der Waals surface area contributed by atoms with Crippen molar-refractivity contribution in [3.8, 4) is 0 Å². The maximum absolute atomic E-state index is 12.1. The van der Waals surface area contributed by atoms with Crippen molar-refractivity contribution in [2.24, 2.45) is 7.05 Å². The number of urea groups is 1. The number of nitrogens with zero attached hydrogens (tertiary/aromatic N) is 3. The van der Waals surface area contributed by atoms with E-state index in [-0.39, 0.29) is 5.91 Å². The van der Waals surface area contributed by atoms with Gasteiger partial charge in [0.25, 0.3) is 0 Å². The zero-order valence-corrected chi connectivity index (χ0v) is 13.2. The molecule has 23 heavy (non-hydrogen) atoms. The molecule has 0 spiro atoms. The van der Waals surface area contributed by atoms with Crippen molar-refractivity contribution in [3.05, 3.63) is 18.0 Å². The quantitative estimate of drug-likeness (QED) is 0.771. The van der Waals surface area contributed by atoms with Crippen molar-refractivity contribution < 1.29 is 9.59 Å². The highest BCUT2D eigenvalue weighted by Crippen LogP contribution is 2.19. The minimum Gasteiger partial charge on any atom is -0.354 e. The van der Waals surface area contributed by atoms with Crippen LogP contribution in [0, 0.1) is 6.92 Å². The van der Waals surface area contributed by atoms with Crippen LogP contribution in [0.1, 0.15) is 25.0 Å². The van der Waals surface area contributed by atoms with Gasteiger partial charge in [-0.1, -0.05) is 0 Å². The molecule has 1 atom stereocenters. The number of pyridine rings is 1.